The Hall–Kier alpha value is -1.36. The Bertz CT molecular complexity index is 243. The Labute approximate surface area is 60.3 Å². The zero-order valence-corrected chi connectivity index (χ0v) is 5.83. The van der Waals surface area contributed by atoms with Gasteiger partial charge in [0.05, 0.1) is 0 Å². The molecule has 2 nitrogen and oxygen atoms in total. The molecule has 1 aromatic heterocycles. The Balaban J connectivity index is 2.76. The molecule has 0 bridgehead atoms. The van der Waals surface area contributed by atoms with E-state index in [2.05, 4.69) is 22.0 Å². The number of hydrogen-bond donors (Lipinski definition) is 0. The molecule has 1 aromatic rings. The highest BCUT2D eigenvalue weighted by Gasteiger charge is 1.81. The summed E-state index contributed by atoms with van der Waals surface area (Å²) in [5, 5.41) is 7.48. The minimum absolute atomic E-state index is 0.740. The normalized spacial score (nSPS) is 8.10. The maximum absolute atomic E-state index is 3.79. The zero-order valence-electron chi connectivity index (χ0n) is 5.83. The second kappa shape index (κ2) is 3.62. The molecule has 0 unspecified atom stereocenters. The van der Waals surface area contributed by atoms with Crippen molar-refractivity contribution in [2.24, 2.45) is 0 Å². The van der Waals surface area contributed by atoms with Crippen molar-refractivity contribution >= 4 is 0 Å². The van der Waals surface area contributed by atoms with Crippen molar-refractivity contribution in [2.45, 2.75) is 13.3 Å². The SMILES string of the molecule is CCC#Cc1cccnn1. The zero-order chi connectivity index (χ0) is 7.23. The third-order valence-corrected chi connectivity index (χ3v) is 0.966. The lowest BCUT2D eigenvalue weighted by Crippen LogP contribution is -1.82. The molecule has 1 rings (SSSR count). The Morgan fingerprint density at radius 2 is 2.50 bits per heavy atom. The topological polar surface area (TPSA) is 25.8 Å². The second-order valence-electron chi connectivity index (χ2n) is 1.76. The molecular weight excluding hydrogens is 124 g/mol. The fraction of sp³-hybridized carbons (Fsp3) is 0.250. The molecule has 0 aliphatic carbocycles. The molecule has 1 heterocycles. The van der Waals surface area contributed by atoms with Gasteiger partial charge in [0.25, 0.3) is 0 Å². The van der Waals surface area contributed by atoms with Gasteiger partial charge in [-0.25, -0.2) is 0 Å². The third kappa shape index (κ3) is 1.87. The molecule has 0 fully saturated rings. The van der Waals surface area contributed by atoms with E-state index in [-0.39, 0.29) is 0 Å². The van der Waals surface area contributed by atoms with Crippen molar-refractivity contribution in [3.05, 3.63) is 24.0 Å². The fourth-order valence-corrected chi connectivity index (χ4v) is 0.547. The minimum Gasteiger partial charge on any atom is -0.158 e. The molecule has 0 radical (unpaired) electrons. The molecule has 2 heteroatoms. The van der Waals surface area contributed by atoms with Crippen LogP contribution in [0.2, 0.25) is 0 Å². The lowest BCUT2D eigenvalue weighted by Gasteiger charge is -1.82. The van der Waals surface area contributed by atoms with Crippen LogP contribution in [0.15, 0.2) is 18.3 Å². The van der Waals surface area contributed by atoms with Crippen molar-refractivity contribution in [1.82, 2.24) is 10.2 Å². The smallest absolute Gasteiger partial charge is 0.135 e. The van der Waals surface area contributed by atoms with Gasteiger partial charge in [-0.2, -0.15) is 5.10 Å². The highest BCUT2D eigenvalue weighted by Crippen LogP contribution is 1.86. The summed E-state index contributed by atoms with van der Waals surface area (Å²) in [6.07, 6.45) is 2.49. The summed E-state index contributed by atoms with van der Waals surface area (Å²) in [4.78, 5) is 0. The summed E-state index contributed by atoms with van der Waals surface area (Å²) in [5.41, 5.74) is 0.740. The van der Waals surface area contributed by atoms with E-state index in [4.69, 9.17) is 0 Å². The lowest BCUT2D eigenvalue weighted by molar-refractivity contribution is 1.01. The summed E-state index contributed by atoms with van der Waals surface area (Å²) in [6, 6.07) is 3.67. The lowest BCUT2D eigenvalue weighted by atomic mass is 10.4. The van der Waals surface area contributed by atoms with Crippen molar-refractivity contribution in [2.75, 3.05) is 0 Å². The van der Waals surface area contributed by atoms with Crippen LogP contribution in [0, 0.1) is 11.8 Å². The first-order valence-electron chi connectivity index (χ1n) is 3.20. The molecule has 0 atom stereocenters. The average molecular weight is 132 g/mol. The van der Waals surface area contributed by atoms with E-state index >= 15 is 0 Å². The van der Waals surface area contributed by atoms with Crippen LogP contribution in [-0.4, -0.2) is 10.2 Å². The summed E-state index contributed by atoms with van der Waals surface area (Å²) in [5.74, 6) is 5.78. The molecule has 0 aliphatic heterocycles. The Morgan fingerprint density at radius 1 is 1.60 bits per heavy atom. The van der Waals surface area contributed by atoms with Gasteiger partial charge < -0.3 is 0 Å². The van der Waals surface area contributed by atoms with Gasteiger partial charge in [-0.05, 0) is 18.1 Å². The van der Waals surface area contributed by atoms with E-state index in [1.165, 1.54) is 0 Å². The van der Waals surface area contributed by atoms with Gasteiger partial charge in [-0.3, -0.25) is 0 Å². The van der Waals surface area contributed by atoms with E-state index in [1.54, 1.807) is 6.20 Å². The standard InChI is InChI=1S/C8H8N2/c1-2-3-5-8-6-4-7-9-10-8/h4,6-7H,2H2,1H3. The highest BCUT2D eigenvalue weighted by atomic mass is 15.1. The fourth-order valence-electron chi connectivity index (χ4n) is 0.547. The van der Waals surface area contributed by atoms with Gasteiger partial charge in [0.1, 0.15) is 5.69 Å². The molecule has 0 amide bonds. The summed E-state index contributed by atoms with van der Waals surface area (Å²) in [6.45, 7) is 2.00. The van der Waals surface area contributed by atoms with Gasteiger partial charge in [-0.15, -0.1) is 5.10 Å². The van der Waals surface area contributed by atoms with Crippen molar-refractivity contribution in [1.29, 1.82) is 0 Å². The van der Waals surface area contributed by atoms with Crippen LogP contribution >= 0.6 is 0 Å². The van der Waals surface area contributed by atoms with E-state index in [0.717, 1.165) is 12.1 Å². The molecule has 0 N–H and O–H groups in total. The Kier molecular flexibility index (Phi) is 2.45. The average Bonchev–Trinajstić information content (AvgIpc) is 2.03. The summed E-state index contributed by atoms with van der Waals surface area (Å²) < 4.78 is 0. The highest BCUT2D eigenvalue weighted by molar-refractivity contribution is 5.24. The van der Waals surface area contributed by atoms with Crippen LogP contribution in [0.5, 0.6) is 0 Å². The van der Waals surface area contributed by atoms with E-state index < -0.39 is 0 Å². The first-order valence-corrected chi connectivity index (χ1v) is 3.20. The molecule has 0 aromatic carbocycles. The monoisotopic (exact) mass is 132 g/mol. The first-order chi connectivity index (χ1) is 4.93. The Morgan fingerprint density at radius 3 is 3.10 bits per heavy atom. The van der Waals surface area contributed by atoms with Crippen molar-refractivity contribution in [3.8, 4) is 11.8 Å². The maximum Gasteiger partial charge on any atom is 0.135 e. The minimum atomic E-state index is 0.740. The molecule has 50 valence electrons. The number of aromatic nitrogens is 2. The largest absolute Gasteiger partial charge is 0.158 e. The van der Waals surface area contributed by atoms with Crippen molar-refractivity contribution in [3.63, 3.8) is 0 Å². The van der Waals surface area contributed by atoms with E-state index in [1.807, 2.05) is 19.1 Å². The molecule has 0 spiro atoms. The molecule has 10 heavy (non-hydrogen) atoms. The van der Waals surface area contributed by atoms with Crippen molar-refractivity contribution < 1.29 is 0 Å². The molecule has 0 saturated heterocycles. The van der Waals surface area contributed by atoms with Crippen LogP contribution < -0.4 is 0 Å². The quantitative estimate of drug-likeness (QED) is 0.496. The summed E-state index contributed by atoms with van der Waals surface area (Å²) >= 11 is 0. The number of nitrogens with zero attached hydrogens (tertiary/aromatic N) is 2. The van der Waals surface area contributed by atoms with Gasteiger partial charge in [0.15, 0.2) is 0 Å². The van der Waals surface area contributed by atoms with Gasteiger partial charge in [0, 0.05) is 12.6 Å². The van der Waals surface area contributed by atoms with E-state index in [9.17, 15) is 0 Å². The van der Waals surface area contributed by atoms with Crippen LogP contribution in [0.3, 0.4) is 0 Å². The van der Waals surface area contributed by atoms with Crippen LogP contribution in [0.25, 0.3) is 0 Å². The third-order valence-electron chi connectivity index (χ3n) is 0.966. The number of hydrogen-bond acceptors (Lipinski definition) is 2. The first kappa shape index (κ1) is 6.76. The van der Waals surface area contributed by atoms with E-state index in [0.29, 0.717) is 0 Å². The predicted molar refractivity (Wildman–Crippen MR) is 39.2 cm³/mol. The molecule has 0 saturated carbocycles. The van der Waals surface area contributed by atoms with Gasteiger partial charge in [0.2, 0.25) is 0 Å². The number of rotatable bonds is 0. The van der Waals surface area contributed by atoms with Gasteiger partial charge >= 0.3 is 0 Å². The maximum atomic E-state index is 3.79. The van der Waals surface area contributed by atoms with Crippen LogP contribution in [0.1, 0.15) is 19.0 Å². The second-order valence-corrected chi connectivity index (χ2v) is 1.76. The predicted octanol–water partition coefficient (Wildman–Crippen LogP) is 1.24. The molecule has 0 aliphatic rings. The van der Waals surface area contributed by atoms with Crippen LogP contribution in [-0.2, 0) is 0 Å². The van der Waals surface area contributed by atoms with Crippen LogP contribution in [0.4, 0.5) is 0 Å². The molecular formula is C8H8N2. The van der Waals surface area contributed by atoms with Gasteiger partial charge in [-0.1, -0.05) is 12.8 Å². The summed E-state index contributed by atoms with van der Waals surface area (Å²) in [7, 11) is 0.